The molecule has 1 saturated heterocycles. The molecule has 2 N–H and O–H groups in total. The molecular formula is C24H31N5O4. The fourth-order valence-electron chi connectivity index (χ4n) is 4.26. The van der Waals surface area contributed by atoms with Gasteiger partial charge in [0.1, 0.15) is 34.1 Å². The number of H-pyrrole nitrogens is 1. The van der Waals surface area contributed by atoms with E-state index in [1.54, 1.807) is 26.4 Å². The molecule has 33 heavy (non-hydrogen) atoms. The van der Waals surface area contributed by atoms with Crippen molar-refractivity contribution in [3.63, 3.8) is 0 Å². The topological polar surface area (TPSA) is 92.0 Å². The molecule has 0 unspecified atom stereocenters. The Bertz CT molecular complexity index is 1170. The highest BCUT2D eigenvalue weighted by Gasteiger charge is 2.25. The molecule has 1 aromatic heterocycles. The second kappa shape index (κ2) is 10.1. The highest BCUT2D eigenvalue weighted by atomic mass is 16.5. The molecule has 0 amide bonds. The van der Waals surface area contributed by atoms with E-state index in [2.05, 4.69) is 27.2 Å². The maximum atomic E-state index is 13.1. The molecule has 9 nitrogen and oxygen atoms in total. The SMILES string of the molecule is CCCN(c1c(OC)cccc1-c1nc2cc(OC)cc(OC)c2c(=O)[nH]1)N1CCNCC1. The maximum absolute atomic E-state index is 13.1. The molecule has 176 valence electrons. The van der Waals surface area contributed by atoms with Crippen LogP contribution in [-0.2, 0) is 0 Å². The van der Waals surface area contributed by atoms with Gasteiger partial charge < -0.3 is 29.5 Å². The average molecular weight is 454 g/mol. The number of hydrogen-bond donors (Lipinski definition) is 2. The lowest BCUT2D eigenvalue weighted by Crippen LogP contribution is -2.53. The summed E-state index contributed by atoms with van der Waals surface area (Å²) in [6.07, 6.45) is 0.956. The normalized spacial score (nSPS) is 14.3. The van der Waals surface area contributed by atoms with Crippen molar-refractivity contribution in [2.45, 2.75) is 13.3 Å². The third kappa shape index (κ3) is 4.46. The largest absolute Gasteiger partial charge is 0.497 e. The average Bonchev–Trinajstić information content (AvgIpc) is 2.86. The molecule has 0 saturated carbocycles. The van der Waals surface area contributed by atoms with Gasteiger partial charge in [0.15, 0.2) is 0 Å². The maximum Gasteiger partial charge on any atom is 0.262 e. The number of methoxy groups -OCH3 is 3. The Kier molecular flexibility index (Phi) is 7.00. The molecule has 0 bridgehead atoms. The van der Waals surface area contributed by atoms with Crippen LogP contribution in [0.5, 0.6) is 17.2 Å². The summed E-state index contributed by atoms with van der Waals surface area (Å²) in [7, 11) is 4.76. The molecule has 1 aliphatic heterocycles. The van der Waals surface area contributed by atoms with Gasteiger partial charge in [-0.1, -0.05) is 13.0 Å². The van der Waals surface area contributed by atoms with Crippen LogP contribution in [-0.4, -0.2) is 69.0 Å². The van der Waals surface area contributed by atoms with Crippen LogP contribution in [0.1, 0.15) is 13.3 Å². The molecule has 9 heteroatoms. The number of rotatable bonds is 8. The van der Waals surface area contributed by atoms with E-state index in [4.69, 9.17) is 19.2 Å². The number of para-hydroxylation sites is 1. The van der Waals surface area contributed by atoms with Crippen molar-refractivity contribution in [2.75, 3.05) is 59.1 Å². The van der Waals surface area contributed by atoms with Crippen LogP contribution < -0.4 is 30.1 Å². The molecule has 1 fully saturated rings. The van der Waals surface area contributed by atoms with Crippen molar-refractivity contribution >= 4 is 16.6 Å². The van der Waals surface area contributed by atoms with Crippen molar-refractivity contribution in [2.24, 2.45) is 0 Å². The quantitative estimate of drug-likeness (QED) is 0.538. The molecule has 2 heterocycles. The fraction of sp³-hybridized carbons (Fsp3) is 0.417. The van der Waals surface area contributed by atoms with Gasteiger partial charge in [0.25, 0.3) is 5.56 Å². The Hall–Kier alpha value is -3.30. The van der Waals surface area contributed by atoms with Gasteiger partial charge in [0.05, 0.1) is 26.8 Å². The van der Waals surface area contributed by atoms with Crippen molar-refractivity contribution < 1.29 is 14.2 Å². The lowest BCUT2D eigenvalue weighted by atomic mass is 10.1. The first-order valence-electron chi connectivity index (χ1n) is 11.2. The van der Waals surface area contributed by atoms with Crippen LogP contribution in [0.3, 0.4) is 0 Å². The summed E-state index contributed by atoms with van der Waals surface area (Å²) < 4.78 is 16.6. The van der Waals surface area contributed by atoms with E-state index in [0.717, 1.165) is 56.1 Å². The van der Waals surface area contributed by atoms with E-state index in [0.29, 0.717) is 28.2 Å². The highest BCUT2D eigenvalue weighted by Crippen LogP contribution is 2.39. The summed E-state index contributed by atoms with van der Waals surface area (Å²) in [5.41, 5.74) is 1.92. The molecule has 4 rings (SSSR count). The zero-order chi connectivity index (χ0) is 23.4. The third-order valence-corrected chi connectivity index (χ3v) is 5.80. The van der Waals surface area contributed by atoms with Crippen molar-refractivity contribution in [3.8, 4) is 28.6 Å². The first-order valence-corrected chi connectivity index (χ1v) is 11.2. The van der Waals surface area contributed by atoms with Crippen LogP contribution in [0.15, 0.2) is 35.1 Å². The van der Waals surface area contributed by atoms with E-state index in [9.17, 15) is 4.79 Å². The van der Waals surface area contributed by atoms with Gasteiger partial charge in [-0.05, 0) is 18.6 Å². The van der Waals surface area contributed by atoms with E-state index in [-0.39, 0.29) is 5.56 Å². The number of piperazine rings is 1. The Balaban J connectivity index is 1.93. The molecule has 3 aromatic rings. The number of fused-ring (bicyclic) bond motifs is 1. The van der Waals surface area contributed by atoms with Gasteiger partial charge in [0, 0.05) is 50.4 Å². The number of nitrogens with one attached hydrogen (secondary N) is 2. The number of benzene rings is 2. The zero-order valence-corrected chi connectivity index (χ0v) is 19.6. The molecule has 2 aromatic carbocycles. The van der Waals surface area contributed by atoms with Gasteiger partial charge in [-0.2, -0.15) is 0 Å². The number of aromatic nitrogens is 2. The lowest BCUT2D eigenvalue weighted by molar-refractivity contribution is 0.217. The summed E-state index contributed by atoms with van der Waals surface area (Å²) >= 11 is 0. The lowest BCUT2D eigenvalue weighted by Gasteiger charge is -2.40. The molecule has 0 spiro atoms. The Morgan fingerprint density at radius 3 is 2.48 bits per heavy atom. The monoisotopic (exact) mass is 453 g/mol. The third-order valence-electron chi connectivity index (χ3n) is 5.80. The minimum atomic E-state index is -0.271. The fourth-order valence-corrected chi connectivity index (χ4v) is 4.26. The summed E-state index contributed by atoms with van der Waals surface area (Å²) in [5.74, 6) is 2.19. The van der Waals surface area contributed by atoms with Crippen LogP contribution in [0.2, 0.25) is 0 Å². The molecule has 0 radical (unpaired) electrons. The van der Waals surface area contributed by atoms with Crippen LogP contribution in [0.4, 0.5) is 5.69 Å². The minimum Gasteiger partial charge on any atom is -0.497 e. The number of nitrogens with zero attached hydrogens (tertiary/aromatic N) is 3. The summed E-state index contributed by atoms with van der Waals surface area (Å²) in [6, 6.07) is 9.24. The number of ether oxygens (including phenoxy) is 3. The van der Waals surface area contributed by atoms with Gasteiger partial charge >= 0.3 is 0 Å². The molecular weight excluding hydrogens is 422 g/mol. The van der Waals surface area contributed by atoms with Crippen molar-refractivity contribution in [1.82, 2.24) is 20.3 Å². The Morgan fingerprint density at radius 1 is 1.06 bits per heavy atom. The predicted molar refractivity (Wildman–Crippen MR) is 130 cm³/mol. The first kappa shape index (κ1) is 22.9. The Labute approximate surface area is 193 Å². The van der Waals surface area contributed by atoms with Gasteiger partial charge in [-0.25, -0.2) is 9.99 Å². The molecule has 0 aliphatic carbocycles. The number of aromatic amines is 1. The number of anilines is 1. The molecule has 1 aliphatic rings. The highest BCUT2D eigenvalue weighted by molar-refractivity contribution is 5.88. The van der Waals surface area contributed by atoms with E-state index in [1.165, 1.54) is 7.11 Å². The van der Waals surface area contributed by atoms with E-state index < -0.39 is 0 Å². The first-order chi connectivity index (χ1) is 16.1. The van der Waals surface area contributed by atoms with Crippen molar-refractivity contribution in [3.05, 3.63) is 40.7 Å². The van der Waals surface area contributed by atoms with Crippen LogP contribution >= 0.6 is 0 Å². The predicted octanol–water partition coefficient (Wildman–Crippen LogP) is 2.65. The number of hydrazine groups is 1. The minimum absolute atomic E-state index is 0.271. The smallest absolute Gasteiger partial charge is 0.262 e. The zero-order valence-electron chi connectivity index (χ0n) is 19.6. The number of hydrogen-bond acceptors (Lipinski definition) is 8. The second-order valence-corrected chi connectivity index (χ2v) is 7.82. The van der Waals surface area contributed by atoms with Gasteiger partial charge in [-0.15, -0.1) is 0 Å². The van der Waals surface area contributed by atoms with Crippen LogP contribution in [0, 0.1) is 0 Å². The summed E-state index contributed by atoms with van der Waals surface area (Å²) in [5, 5.41) is 8.37. The molecule has 0 atom stereocenters. The summed E-state index contributed by atoms with van der Waals surface area (Å²) in [6.45, 7) is 6.55. The van der Waals surface area contributed by atoms with Gasteiger partial charge in [-0.3, -0.25) is 4.79 Å². The second-order valence-electron chi connectivity index (χ2n) is 7.82. The van der Waals surface area contributed by atoms with E-state index >= 15 is 0 Å². The Morgan fingerprint density at radius 2 is 1.82 bits per heavy atom. The van der Waals surface area contributed by atoms with Crippen LogP contribution in [0.25, 0.3) is 22.3 Å². The van der Waals surface area contributed by atoms with E-state index in [1.807, 2.05) is 18.2 Å². The van der Waals surface area contributed by atoms with Crippen molar-refractivity contribution in [1.29, 1.82) is 0 Å². The van der Waals surface area contributed by atoms with Gasteiger partial charge in [0.2, 0.25) is 0 Å². The standard InChI is InChI=1S/C24H31N5O4/c1-5-11-29(28-12-9-25-10-13-28)22-17(7-6-8-19(22)32-3)23-26-18-14-16(31-2)15-20(33-4)21(18)24(30)27-23/h6-8,14-15,25H,5,9-13H2,1-4H3,(H,26,27,30). The summed E-state index contributed by atoms with van der Waals surface area (Å²) in [4.78, 5) is 20.9.